The molecule has 1 aromatic heterocycles. The predicted octanol–water partition coefficient (Wildman–Crippen LogP) is 2.80. The zero-order chi connectivity index (χ0) is 20.0. The monoisotopic (exact) mass is 415 g/mol. The minimum absolute atomic E-state index is 0.144. The number of hydrogen-bond donors (Lipinski definition) is 1. The average molecular weight is 415 g/mol. The zero-order valence-corrected chi connectivity index (χ0v) is 15.8. The molecule has 2 aromatic rings. The Bertz CT molecular complexity index is 779. The maximum absolute atomic E-state index is 13.0. The number of carbonyl (C=O) groups is 1. The number of alkyl halides is 3. The number of halogens is 3. The van der Waals surface area contributed by atoms with Crippen LogP contribution >= 0.6 is 11.8 Å². The number of thioether (sulfide) groups is 1. The quantitative estimate of drug-likeness (QED) is 0.702. The summed E-state index contributed by atoms with van der Waals surface area (Å²) in [6, 6.07) is 8.97. The molecule has 0 unspecified atom stereocenters. The van der Waals surface area contributed by atoms with E-state index in [4.69, 9.17) is 4.74 Å². The molecule has 0 radical (unpaired) electrons. The number of morpholine rings is 1. The largest absolute Gasteiger partial charge is 0.406 e. The Labute approximate surface area is 164 Å². The van der Waals surface area contributed by atoms with Gasteiger partial charge in [0.25, 0.3) is 0 Å². The zero-order valence-electron chi connectivity index (χ0n) is 15.0. The van der Waals surface area contributed by atoms with Gasteiger partial charge in [0.2, 0.25) is 11.9 Å². The topological polar surface area (TPSA) is 72.3 Å². The summed E-state index contributed by atoms with van der Waals surface area (Å²) in [5.41, 5.74) is 0.673. The molecule has 1 N–H and O–H groups in total. The first-order chi connectivity index (χ1) is 13.4. The van der Waals surface area contributed by atoms with Crippen LogP contribution in [0.4, 0.5) is 24.8 Å². The lowest BCUT2D eigenvalue weighted by Gasteiger charge is -2.28. The maximum atomic E-state index is 13.0. The Hall–Kier alpha value is -2.27. The highest BCUT2D eigenvalue weighted by Crippen LogP contribution is 2.28. The molecule has 1 aliphatic heterocycles. The molecule has 0 bridgehead atoms. The number of benzene rings is 1. The molecule has 0 saturated carbocycles. The molecule has 152 valence electrons. The summed E-state index contributed by atoms with van der Waals surface area (Å²) in [6.07, 6.45) is -4.26. The lowest BCUT2D eigenvalue weighted by atomic mass is 10.3. The van der Waals surface area contributed by atoms with Gasteiger partial charge in [0.05, 0.1) is 13.2 Å². The summed E-state index contributed by atoms with van der Waals surface area (Å²) in [4.78, 5) is 13.7. The first kappa shape index (κ1) is 20.5. The van der Waals surface area contributed by atoms with E-state index in [-0.39, 0.29) is 29.2 Å². The van der Waals surface area contributed by atoms with E-state index in [0.717, 1.165) is 16.3 Å². The average Bonchev–Trinajstić information content (AvgIpc) is 3.04. The minimum atomic E-state index is -4.40. The van der Waals surface area contributed by atoms with Crippen LogP contribution in [-0.4, -0.2) is 58.9 Å². The van der Waals surface area contributed by atoms with E-state index in [0.29, 0.717) is 32.0 Å². The second-order valence-electron chi connectivity index (χ2n) is 6.10. The molecule has 0 aliphatic carbocycles. The Balaban J connectivity index is 1.62. The van der Waals surface area contributed by atoms with Crippen molar-refractivity contribution in [3.05, 3.63) is 30.3 Å². The van der Waals surface area contributed by atoms with Crippen LogP contribution in [0.25, 0.3) is 0 Å². The molecular weight excluding hydrogens is 395 g/mol. The molecule has 1 saturated heterocycles. The van der Waals surface area contributed by atoms with Gasteiger partial charge in [0.1, 0.15) is 6.54 Å². The Kier molecular flexibility index (Phi) is 6.79. The third-order valence-corrected chi connectivity index (χ3v) is 4.91. The highest BCUT2D eigenvalue weighted by Gasteiger charge is 2.32. The summed E-state index contributed by atoms with van der Waals surface area (Å²) >= 11 is 1.08. The molecule has 1 aromatic carbocycles. The molecule has 7 nitrogen and oxygen atoms in total. The normalized spacial score (nSPS) is 14.9. The number of para-hydroxylation sites is 1. The van der Waals surface area contributed by atoms with Crippen molar-refractivity contribution < 1.29 is 22.7 Å². The van der Waals surface area contributed by atoms with Crippen LogP contribution in [0.1, 0.15) is 6.42 Å². The smallest absolute Gasteiger partial charge is 0.378 e. The number of rotatable bonds is 7. The highest BCUT2D eigenvalue weighted by atomic mass is 32.2. The molecule has 3 rings (SSSR count). The minimum Gasteiger partial charge on any atom is -0.378 e. The van der Waals surface area contributed by atoms with Gasteiger partial charge >= 0.3 is 6.18 Å². The lowest BCUT2D eigenvalue weighted by molar-refractivity contribution is -0.141. The fourth-order valence-electron chi connectivity index (χ4n) is 2.68. The molecule has 2 heterocycles. The SMILES string of the molecule is O=C(CCSc1nnc(N2CCOCC2)n1CC(F)(F)F)Nc1ccccc1. The third kappa shape index (κ3) is 5.86. The Morgan fingerprint density at radius 1 is 1.18 bits per heavy atom. The molecule has 11 heteroatoms. The molecule has 1 fully saturated rings. The number of nitrogens with one attached hydrogen (secondary N) is 1. The fraction of sp³-hybridized carbons (Fsp3) is 0.471. The highest BCUT2D eigenvalue weighted by molar-refractivity contribution is 7.99. The van der Waals surface area contributed by atoms with Crippen molar-refractivity contribution in [3.8, 4) is 0 Å². The Morgan fingerprint density at radius 2 is 1.89 bits per heavy atom. The number of anilines is 2. The van der Waals surface area contributed by atoms with E-state index in [2.05, 4.69) is 15.5 Å². The summed E-state index contributed by atoms with van der Waals surface area (Å²) in [5.74, 6) is 0.253. The van der Waals surface area contributed by atoms with Crippen molar-refractivity contribution in [1.82, 2.24) is 14.8 Å². The second kappa shape index (κ2) is 9.28. The molecular formula is C17H20F3N5O2S. The Morgan fingerprint density at radius 3 is 2.57 bits per heavy atom. The maximum Gasteiger partial charge on any atom is 0.406 e. The van der Waals surface area contributed by atoms with Crippen LogP contribution in [-0.2, 0) is 16.1 Å². The van der Waals surface area contributed by atoms with Crippen molar-refractivity contribution in [1.29, 1.82) is 0 Å². The predicted molar refractivity (Wildman–Crippen MR) is 99.5 cm³/mol. The van der Waals surface area contributed by atoms with Crippen molar-refractivity contribution in [2.75, 3.05) is 42.3 Å². The molecule has 28 heavy (non-hydrogen) atoms. The number of aromatic nitrogens is 3. The van der Waals surface area contributed by atoms with Gasteiger partial charge in [-0.2, -0.15) is 13.2 Å². The van der Waals surface area contributed by atoms with Crippen LogP contribution in [0.5, 0.6) is 0 Å². The van der Waals surface area contributed by atoms with Crippen molar-refractivity contribution >= 4 is 29.3 Å². The van der Waals surface area contributed by atoms with Crippen LogP contribution in [0, 0.1) is 0 Å². The van der Waals surface area contributed by atoms with E-state index < -0.39 is 12.7 Å². The van der Waals surface area contributed by atoms with Gasteiger partial charge in [-0.25, -0.2) is 0 Å². The summed E-state index contributed by atoms with van der Waals surface area (Å²) < 4.78 is 45.4. The first-order valence-corrected chi connectivity index (χ1v) is 9.71. The van der Waals surface area contributed by atoms with E-state index in [1.165, 1.54) is 0 Å². The lowest BCUT2D eigenvalue weighted by Crippen LogP contribution is -2.38. The summed E-state index contributed by atoms with van der Waals surface area (Å²) in [6.45, 7) is 0.605. The summed E-state index contributed by atoms with van der Waals surface area (Å²) in [5, 5.41) is 10.8. The van der Waals surface area contributed by atoms with Gasteiger partial charge in [-0.15, -0.1) is 10.2 Å². The van der Waals surface area contributed by atoms with Gasteiger partial charge in [-0.3, -0.25) is 9.36 Å². The third-order valence-electron chi connectivity index (χ3n) is 3.95. The van der Waals surface area contributed by atoms with E-state index in [1.54, 1.807) is 29.2 Å². The standard InChI is InChI=1S/C17H20F3N5O2S/c18-17(19,20)12-25-15(24-7-9-27-10-8-24)22-23-16(25)28-11-6-14(26)21-13-4-2-1-3-5-13/h1-5H,6-12H2,(H,21,26). The summed E-state index contributed by atoms with van der Waals surface area (Å²) in [7, 11) is 0. The van der Waals surface area contributed by atoms with Gasteiger partial charge in [0, 0.05) is 31.0 Å². The van der Waals surface area contributed by atoms with E-state index in [1.807, 2.05) is 6.07 Å². The van der Waals surface area contributed by atoms with Crippen molar-refractivity contribution in [2.45, 2.75) is 24.3 Å². The number of nitrogens with zero attached hydrogens (tertiary/aromatic N) is 4. The van der Waals surface area contributed by atoms with Crippen molar-refractivity contribution in [2.24, 2.45) is 0 Å². The molecule has 1 aliphatic rings. The fourth-order valence-corrected chi connectivity index (χ4v) is 3.55. The van der Waals surface area contributed by atoms with Crippen molar-refractivity contribution in [3.63, 3.8) is 0 Å². The molecule has 0 atom stereocenters. The number of ether oxygens (including phenoxy) is 1. The number of carbonyl (C=O) groups excluding carboxylic acids is 1. The van der Waals surface area contributed by atoms with Gasteiger partial charge in [0.15, 0.2) is 5.16 Å². The van der Waals surface area contributed by atoms with E-state index >= 15 is 0 Å². The van der Waals surface area contributed by atoms with Crippen LogP contribution in [0.15, 0.2) is 35.5 Å². The van der Waals surface area contributed by atoms with Gasteiger partial charge in [-0.05, 0) is 12.1 Å². The number of amides is 1. The number of hydrogen-bond acceptors (Lipinski definition) is 6. The van der Waals surface area contributed by atoms with Crippen LogP contribution < -0.4 is 10.2 Å². The molecule has 1 amide bonds. The molecule has 0 spiro atoms. The second-order valence-corrected chi connectivity index (χ2v) is 7.16. The van der Waals surface area contributed by atoms with E-state index in [9.17, 15) is 18.0 Å². The van der Waals surface area contributed by atoms with Gasteiger partial charge in [-0.1, -0.05) is 30.0 Å². The first-order valence-electron chi connectivity index (χ1n) is 8.73. The van der Waals surface area contributed by atoms with Crippen LogP contribution in [0.3, 0.4) is 0 Å². The van der Waals surface area contributed by atoms with Gasteiger partial charge < -0.3 is 15.0 Å². The van der Waals surface area contributed by atoms with Crippen LogP contribution in [0.2, 0.25) is 0 Å².